The number of hydrogen-bond donors (Lipinski definition) is 1. The number of carbonyl (C=O) groups excluding carboxylic acids is 1. The summed E-state index contributed by atoms with van der Waals surface area (Å²) in [5.41, 5.74) is 1.33. The minimum atomic E-state index is -0.513. The second kappa shape index (κ2) is 12.1. The van der Waals surface area contributed by atoms with Crippen LogP contribution in [-0.2, 0) is 19.7 Å². The Hall–Kier alpha value is -2.75. The van der Waals surface area contributed by atoms with Gasteiger partial charge in [0.1, 0.15) is 24.0 Å². The molecule has 0 spiro atoms. The average Bonchev–Trinajstić information content (AvgIpc) is 2.75. The van der Waals surface area contributed by atoms with Gasteiger partial charge in [0.05, 0.1) is 17.2 Å². The van der Waals surface area contributed by atoms with E-state index in [9.17, 15) is 15.2 Å². The molecule has 2 aromatic carbocycles. The first-order chi connectivity index (χ1) is 15.9. The third-order valence-electron chi connectivity index (χ3n) is 5.29. The predicted molar refractivity (Wildman–Crippen MR) is 132 cm³/mol. The molecule has 0 bridgehead atoms. The number of benzene rings is 2. The summed E-state index contributed by atoms with van der Waals surface area (Å²) in [5.74, 6) is 0.218. The van der Waals surface area contributed by atoms with Crippen LogP contribution in [0.25, 0.3) is 0 Å². The summed E-state index contributed by atoms with van der Waals surface area (Å²) in [7, 11) is 0. The Labute approximate surface area is 207 Å². The molecule has 7 heteroatoms. The number of halogens is 1. The van der Waals surface area contributed by atoms with E-state index in [1.54, 1.807) is 18.2 Å². The van der Waals surface area contributed by atoms with Gasteiger partial charge < -0.3 is 19.3 Å². The van der Waals surface area contributed by atoms with Gasteiger partial charge in [-0.3, -0.25) is 0 Å². The van der Waals surface area contributed by atoms with Crippen LogP contribution in [0, 0.1) is 11.3 Å². The minimum absolute atomic E-state index is 0.0538. The number of ether oxygens (including phenoxy) is 3. The topological polar surface area (TPSA) is 88.8 Å². The standard InChI is InChI=1S/C27H34ClNO5/c1-26(2,3)34-24(31)18-32-13-7-6-8-14-33-25-19(17-29)15-21(16-23(25)28)27(4,5)20-9-11-22(30)12-10-20/h9-12,15-16,30H,6-8,13-14,18H2,1-5H3. The van der Waals surface area contributed by atoms with Gasteiger partial charge in [0.25, 0.3) is 0 Å². The molecule has 0 fully saturated rings. The van der Waals surface area contributed by atoms with Gasteiger partial charge in [-0.1, -0.05) is 37.6 Å². The first-order valence-corrected chi connectivity index (χ1v) is 11.8. The van der Waals surface area contributed by atoms with Crippen molar-refractivity contribution in [2.24, 2.45) is 0 Å². The molecular weight excluding hydrogens is 454 g/mol. The summed E-state index contributed by atoms with van der Waals surface area (Å²) in [6.45, 7) is 10.4. The zero-order valence-electron chi connectivity index (χ0n) is 20.6. The van der Waals surface area contributed by atoms with Crippen LogP contribution in [0.1, 0.15) is 70.6 Å². The van der Waals surface area contributed by atoms with Crippen molar-refractivity contribution >= 4 is 17.6 Å². The highest BCUT2D eigenvalue weighted by molar-refractivity contribution is 6.32. The highest BCUT2D eigenvalue weighted by Crippen LogP contribution is 2.38. The first-order valence-electron chi connectivity index (χ1n) is 11.4. The second-order valence-corrected chi connectivity index (χ2v) is 10.1. The maximum atomic E-state index is 11.6. The van der Waals surface area contributed by atoms with Crippen LogP contribution in [-0.4, -0.2) is 36.5 Å². The zero-order valence-corrected chi connectivity index (χ0v) is 21.4. The van der Waals surface area contributed by atoms with Crippen LogP contribution in [0.15, 0.2) is 36.4 Å². The number of nitriles is 1. The number of phenols is 1. The van der Waals surface area contributed by atoms with Crippen LogP contribution in [0.2, 0.25) is 5.02 Å². The van der Waals surface area contributed by atoms with Crippen molar-refractivity contribution in [1.82, 2.24) is 0 Å². The van der Waals surface area contributed by atoms with Crippen molar-refractivity contribution < 1.29 is 24.1 Å². The Morgan fingerprint density at radius 2 is 1.65 bits per heavy atom. The van der Waals surface area contributed by atoms with Crippen molar-refractivity contribution in [3.05, 3.63) is 58.1 Å². The second-order valence-electron chi connectivity index (χ2n) is 9.67. The lowest BCUT2D eigenvalue weighted by Gasteiger charge is -2.27. The maximum absolute atomic E-state index is 11.6. The molecule has 0 heterocycles. The van der Waals surface area contributed by atoms with Crippen LogP contribution in [0.5, 0.6) is 11.5 Å². The van der Waals surface area contributed by atoms with Gasteiger partial charge in [-0.05, 0) is 75.4 Å². The van der Waals surface area contributed by atoms with Gasteiger partial charge in [0.2, 0.25) is 0 Å². The molecule has 6 nitrogen and oxygen atoms in total. The van der Waals surface area contributed by atoms with E-state index < -0.39 is 11.0 Å². The first kappa shape index (κ1) is 27.5. The summed E-state index contributed by atoms with van der Waals surface area (Å²) in [5, 5.41) is 19.6. The summed E-state index contributed by atoms with van der Waals surface area (Å²) >= 11 is 6.51. The van der Waals surface area contributed by atoms with E-state index in [4.69, 9.17) is 25.8 Å². The fourth-order valence-electron chi connectivity index (χ4n) is 3.41. The van der Waals surface area contributed by atoms with Crippen LogP contribution in [0.4, 0.5) is 0 Å². The van der Waals surface area contributed by atoms with E-state index in [0.29, 0.717) is 29.5 Å². The number of esters is 1. The molecule has 0 aliphatic carbocycles. The SMILES string of the molecule is CC(C)(C)OC(=O)COCCCCCOc1c(Cl)cc(C(C)(C)c2ccc(O)cc2)cc1C#N. The molecule has 0 unspecified atom stereocenters. The number of hydrogen-bond acceptors (Lipinski definition) is 6. The van der Waals surface area contributed by atoms with Crippen molar-refractivity contribution in [2.75, 3.05) is 19.8 Å². The number of rotatable bonds is 11. The highest BCUT2D eigenvalue weighted by atomic mass is 35.5. The zero-order chi connectivity index (χ0) is 25.4. The summed E-state index contributed by atoms with van der Waals surface area (Å²) in [6, 6.07) is 12.8. The minimum Gasteiger partial charge on any atom is -0.508 e. The molecule has 0 aromatic heterocycles. The molecular formula is C27H34ClNO5. The van der Waals surface area contributed by atoms with E-state index in [1.165, 1.54) is 0 Å². The van der Waals surface area contributed by atoms with Gasteiger partial charge in [0.15, 0.2) is 5.75 Å². The maximum Gasteiger partial charge on any atom is 0.332 e. The Morgan fingerprint density at radius 3 is 2.26 bits per heavy atom. The smallest absolute Gasteiger partial charge is 0.332 e. The monoisotopic (exact) mass is 487 g/mol. The summed E-state index contributed by atoms with van der Waals surface area (Å²) in [6.07, 6.45) is 2.39. The molecule has 184 valence electrons. The predicted octanol–water partition coefficient (Wildman–Crippen LogP) is 6.15. The molecule has 0 radical (unpaired) electrons. The van der Waals surface area contributed by atoms with E-state index in [2.05, 4.69) is 6.07 Å². The molecule has 0 aliphatic heterocycles. The molecule has 34 heavy (non-hydrogen) atoms. The van der Waals surface area contributed by atoms with E-state index in [1.807, 2.05) is 52.8 Å². The Kier molecular flexibility index (Phi) is 9.78. The van der Waals surface area contributed by atoms with Crippen molar-refractivity contribution in [1.29, 1.82) is 5.26 Å². The van der Waals surface area contributed by atoms with Gasteiger partial charge in [-0.15, -0.1) is 0 Å². The summed E-state index contributed by atoms with van der Waals surface area (Å²) in [4.78, 5) is 11.6. The van der Waals surface area contributed by atoms with E-state index in [0.717, 1.165) is 30.4 Å². The Bertz CT molecular complexity index is 1000. The molecule has 0 atom stereocenters. The van der Waals surface area contributed by atoms with Gasteiger partial charge in [-0.2, -0.15) is 5.26 Å². The Balaban J connectivity index is 1.86. The number of unbranched alkanes of at least 4 members (excludes halogenated alkanes) is 2. The number of nitrogens with zero attached hydrogens (tertiary/aromatic N) is 1. The van der Waals surface area contributed by atoms with Crippen molar-refractivity contribution in [2.45, 2.75) is 64.9 Å². The Morgan fingerprint density at radius 1 is 1.00 bits per heavy atom. The number of phenolic OH excluding ortho intramolecular Hbond substituents is 1. The highest BCUT2D eigenvalue weighted by Gasteiger charge is 2.26. The van der Waals surface area contributed by atoms with E-state index >= 15 is 0 Å². The third-order valence-corrected chi connectivity index (χ3v) is 5.57. The largest absolute Gasteiger partial charge is 0.508 e. The normalized spacial score (nSPS) is 11.7. The quantitative estimate of drug-likeness (QED) is 0.302. The van der Waals surface area contributed by atoms with Crippen molar-refractivity contribution in [3.8, 4) is 17.6 Å². The average molecular weight is 488 g/mol. The lowest BCUT2D eigenvalue weighted by Crippen LogP contribution is -2.26. The number of aromatic hydroxyl groups is 1. The van der Waals surface area contributed by atoms with Gasteiger partial charge >= 0.3 is 5.97 Å². The molecule has 0 aliphatic rings. The lowest BCUT2D eigenvalue weighted by atomic mass is 9.77. The fraction of sp³-hybridized carbons (Fsp3) is 0.481. The number of carbonyl (C=O) groups is 1. The third kappa shape index (κ3) is 8.23. The molecule has 2 rings (SSSR count). The van der Waals surface area contributed by atoms with Crippen LogP contribution in [0.3, 0.4) is 0 Å². The van der Waals surface area contributed by atoms with E-state index in [-0.39, 0.29) is 18.3 Å². The molecule has 2 aromatic rings. The lowest BCUT2D eigenvalue weighted by molar-refractivity contribution is -0.160. The fourth-order valence-corrected chi connectivity index (χ4v) is 3.69. The van der Waals surface area contributed by atoms with Crippen LogP contribution >= 0.6 is 11.6 Å². The van der Waals surface area contributed by atoms with Gasteiger partial charge in [-0.25, -0.2) is 4.79 Å². The molecule has 0 saturated carbocycles. The summed E-state index contributed by atoms with van der Waals surface area (Å²) < 4.78 is 16.4. The van der Waals surface area contributed by atoms with Gasteiger partial charge in [0, 0.05) is 12.0 Å². The molecule has 1 N–H and O–H groups in total. The molecule has 0 amide bonds. The molecule has 0 saturated heterocycles. The van der Waals surface area contributed by atoms with Crippen molar-refractivity contribution in [3.63, 3.8) is 0 Å². The van der Waals surface area contributed by atoms with Crippen LogP contribution < -0.4 is 4.74 Å².